The van der Waals surface area contributed by atoms with Crippen molar-refractivity contribution in [2.75, 3.05) is 19.4 Å². The largest absolute Gasteiger partial charge is 0.444 e. The quantitative estimate of drug-likeness (QED) is 0.924. The Bertz CT molecular complexity index is 769. The number of fused-ring (bicyclic) bond motifs is 1. The topological polar surface area (TPSA) is 65.1 Å². The molecule has 0 aliphatic heterocycles. The maximum Gasteiger partial charge on any atom is 0.204 e. The van der Waals surface area contributed by atoms with Crippen LogP contribution in [-0.2, 0) is 0 Å². The second-order valence-corrected chi connectivity index (χ2v) is 7.27. The van der Waals surface area contributed by atoms with Crippen molar-refractivity contribution in [3.05, 3.63) is 22.5 Å². The van der Waals surface area contributed by atoms with Gasteiger partial charge in [-0.25, -0.2) is 4.98 Å². The van der Waals surface area contributed by atoms with Crippen molar-refractivity contribution < 1.29 is 4.42 Å². The Kier molecular flexibility index (Phi) is 2.49. The summed E-state index contributed by atoms with van der Waals surface area (Å²) in [6, 6.07) is 3.76. The minimum absolute atomic E-state index is 0.190. The number of nitrogens with one attached hydrogen (secondary N) is 1. The number of pyridine rings is 1. The third-order valence-electron chi connectivity index (χ3n) is 4.96. The van der Waals surface area contributed by atoms with Gasteiger partial charge in [0.1, 0.15) is 11.9 Å². The summed E-state index contributed by atoms with van der Waals surface area (Å²) < 4.78 is 6.26. The molecule has 0 aromatic carbocycles. The highest BCUT2D eigenvalue weighted by molar-refractivity contribution is 9.10. The van der Waals surface area contributed by atoms with Crippen LogP contribution in [-0.4, -0.2) is 35.1 Å². The summed E-state index contributed by atoms with van der Waals surface area (Å²) in [7, 11) is 4.30. The minimum Gasteiger partial charge on any atom is -0.444 e. The zero-order valence-electron chi connectivity index (χ0n) is 11.9. The van der Waals surface area contributed by atoms with E-state index in [1.54, 1.807) is 12.3 Å². The van der Waals surface area contributed by atoms with E-state index >= 15 is 0 Å². The maximum absolute atomic E-state index is 8.92. The minimum atomic E-state index is 0.190. The lowest BCUT2D eigenvalue weighted by Crippen LogP contribution is -2.80. The number of furan rings is 1. The van der Waals surface area contributed by atoms with E-state index in [2.05, 4.69) is 45.2 Å². The van der Waals surface area contributed by atoms with Gasteiger partial charge in [-0.3, -0.25) is 0 Å². The molecule has 0 unspecified atom stereocenters. The van der Waals surface area contributed by atoms with Gasteiger partial charge < -0.3 is 14.6 Å². The average molecular weight is 347 g/mol. The lowest BCUT2D eigenvalue weighted by Gasteiger charge is -2.73. The van der Waals surface area contributed by atoms with Crippen molar-refractivity contribution in [3.8, 4) is 6.07 Å². The molecule has 3 saturated carbocycles. The van der Waals surface area contributed by atoms with Crippen LogP contribution in [0.25, 0.3) is 11.0 Å². The first-order valence-corrected chi connectivity index (χ1v) is 7.70. The van der Waals surface area contributed by atoms with Crippen molar-refractivity contribution in [2.24, 2.45) is 0 Å². The predicted molar refractivity (Wildman–Crippen MR) is 83.0 cm³/mol. The van der Waals surface area contributed by atoms with Crippen LogP contribution in [0.2, 0.25) is 0 Å². The first-order chi connectivity index (χ1) is 9.97. The normalized spacial score (nSPS) is 29.9. The number of anilines is 1. The Morgan fingerprint density at radius 1 is 1.43 bits per heavy atom. The van der Waals surface area contributed by atoms with E-state index in [9.17, 15) is 0 Å². The number of rotatable bonds is 3. The molecule has 108 valence electrons. The van der Waals surface area contributed by atoms with Gasteiger partial charge in [0.15, 0.2) is 5.58 Å². The molecule has 3 aliphatic rings. The van der Waals surface area contributed by atoms with Gasteiger partial charge in [0.2, 0.25) is 5.76 Å². The van der Waals surface area contributed by atoms with E-state index in [1.165, 1.54) is 0 Å². The fourth-order valence-corrected chi connectivity index (χ4v) is 4.23. The highest BCUT2D eigenvalue weighted by Crippen LogP contribution is 2.64. The van der Waals surface area contributed by atoms with Crippen LogP contribution in [0, 0.1) is 11.3 Å². The van der Waals surface area contributed by atoms with Crippen molar-refractivity contribution in [3.63, 3.8) is 0 Å². The Labute approximate surface area is 131 Å². The summed E-state index contributed by atoms with van der Waals surface area (Å²) in [4.78, 5) is 6.77. The summed E-state index contributed by atoms with van der Waals surface area (Å²) in [5.74, 6) is 1.14. The molecule has 5 nitrogen and oxygen atoms in total. The van der Waals surface area contributed by atoms with Crippen molar-refractivity contribution >= 4 is 32.7 Å². The van der Waals surface area contributed by atoms with E-state index in [0.717, 1.165) is 34.9 Å². The molecule has 3 aliphatic carbocycles. The standard InChI is InChI=1S/C15H15BrN4O/c1-20(2)15-6-14(7-15,8-15)19-13-12(16)10-3-9(4-17)21-11(10)5-18-13/h3,5H,6-8H2,1-2H3,(H,18,19). The van der Waals surface area contributed by atoms with Crippen LogP contribution < -0.4 is 5.32 Å². The van der Waals surface area contributed by atoms with Crippen LogP contribution >= 0.6 is 15.9 Å². The monoisotopic (exact) mass is 346 g/mol. The van der Waals surface area contributed by atoms with E-state index < -0.39 is 0 Å². The molecule has 2 aromatic rings. The van der Waals surface area contributed by atoms with Gasteiger partial charge in [0.25, 0.3) is 0 Å². The molecular weight excluding hydrogens is 332 g/mol. The SMILES string of the molecule is CN(C)C12CC(Nc3ncc4oc(C#N)cc4c3Br)(C1)C2. The Balaban J connectivity index is 1.61. The zero-order valence-corrected chi connectivity index (χ0v) is 13.5. The summed E-state index contributed by atoms with van der Waals surface area (Å²) in [5.41, 5.74) is 1.22. The molecule has 0 saturated heterocycles. The summed E-state index contributed by atoms with van der Waals surface area (Å²) in [6.45, 7) is 0. The molecule has 3 fully saturated rings. The third-order valence-corrected chi connectivity index (χ3v) is 5.76. The van der Waals surface area contributed by atoms with Crippen LogP contribution in [0.15, 0.2) is 21.2 Å². The number of hydrogen-bond donors (Lipinski definition) is 1. The number of nitrogens with zero attached hydrogens (tertiary/aromatic N) is 3. The smallest absolute Gasteiger partial charge is 0.204 e. The van der Waals surface area contributed by atoms with Gasteiger partial charge in [-0.05, 0) is 49.3 Å². The molecule has 5 rings (SSSR count). The second kappa shape index (κ2) is 3.99. The summed E-state index contributed by atoms with van der Waals surface area (Å²) in [6.07, 6.45) is 5.16. The van der Waals surface area contributed by atoms with Gasteiger partial charge in [0, 0.05) is 22.5 Å². The lowest BCUT2D eigenvalue weighted by atomic mass is 9.43. The molecule has 1 N–H and O–H groups in total. The molecule has 0 spiro atoms. The molecule has 0 radical (unpaired) electrons. The molecule has 21 heavy (non-hydrogen) atoms. The zero-order chi connectivity index (χ0) is 14.8. The molecule has 0 atom stereocenters. The Hall–Kier alpha value is -1.58. The van der Waals surface area contributed by atoms with Gasteiger partial charge in [-0.2, -0.15) is 5.26 Å². The molecule has 0 amide bonds. The van der Waals surface area contributed by atoms with E-state index in [4.69, 9.17) is 9.68 Å². The van der Waals surface area contributed by atoms with Crippen molar-refractivity contribution in [1.82, 2.24) is 9.88 Å². The second-order valence-electron chi connectivity index (χ2n) is 6.48. The van der Waals surface area contributed by atoms with Crippen molar-refractivity contribution in [2.45, 2.75) is 30.3 Å². The predicted octanol–water partition coefficient (Wildman–Crippen LogP) is 3.11. The van der Waals surface area contributed by atoms with E-state index in [-0.39, 0.29) is 5.54 Å². The first kappa shape index (κ1) is 13.1. The number of hydrogen-bond acceptors (Lipinski definition) is 5. The first-order valence-electron chi connectivity index (χ1n) is 6.91. The molecule has 2 bridgehead atoms. The molecular formula is C15H15BrN4O. The fourth-order valence-electron chi connectivity index (χ4n) is 3.71. The third kappa shape index (κ3) is 1.68. The van der Waals surface area contributed by atoms with Crippen LogP contribution in [0.1, 0.15) is 25.0 Å². The van der Waals surface area contributed by atoms with Crippen LogP contribution in [0.3, 0.4) is 0 Å². The Morgan fingerprint density at radius 2 is 2.14 bits per heavy atom. The van der Waals surface area contributed by atoms with Gasteiger partial charge in [0.05, 0.1) is 10.7 Å². The Morgan fingerprint density at radius 3 is 2.76 bits per heavy atom. The van der Waals surface area contributed by atoms with Gasteiger partial charge in [-0.15, -0.1) is 0 Å². The van der Waals surface area contributed by atoms with Crippen LogP contribution in [0.5, 0.6) is 0 Å². The molecule has 2 heterocycles. The van der Waals surface area contributed by atoms with Gasteiger partial charge >= 0.3 is 0 Å². The van der Waals surface area contributed by atoms with Crippen molar-refractivity contribution in [1.29, 1.82) is 5.26 Å². The molecule has 6 heteroatoms. The number of nitriles is 1. The average Bonchev–Trinajstić information content (AvgIpc) is 2.77. The molecule has 2 aromatic heterocycles. The van der Waals surface area contributed by atoms with Gasteiger partial charge in [-0.1, -0.05) is 0 Å². The highest BCUT2D eigenvalue weighted by atomic mass is 79.9. The number of halogens is 1. The van der Waals surface area contributed by atoms with E-state index in [0.29, 0.717) is 16.9 Å². The fraction of sp³-hybridized carbons (Fsp3) is 0.467. The van der Waals surface area contributed by atoms with Crippen LogP contribution in [0.4, 0.5) is 5.82 Å². The number of aromatic nitrogens is 1. The maximum atomic E-state index is 8.92. The highest BCUT2D eigenvalue weighted by Gasteiger charge is 2.69. The lowest BCUT2D eigenvalue weighted by molar-refractivity contribution is -0.130. The van der Waals surface area contributed by atoms with E-state index in [1.807, 2.05) is 6.07 Å². The summed E-state index contributed by atoms with van der Waals surface area (Å²) in [5, 5.41) is 13.4. The summed E-state index contributed by atoms with van der Waals surface area (Å²) >= 11 is 3.59.